The summed E-state index contributed by atoms with van der Waals surface area (Å²) in [6.07, 6.45) is 0.488. The number of hydrogen-bond acceptors (Lipinski definition) is 4. The second-order valence-corrected chi connectivity index (χ2v) is 6.40. The SMILES string of the molecule is CCS(=O)(=O)CCCOc1ccc(C#CCO)cc1. The predicted molar refractivity (Wildman–Crippen MR) is 74.8 cm³/mol. The number of hydrogen-bond donors (Lipinski definition) is 1. The molecule has 0 amide bonds. The summed E-state index contributed by atoms with van der Waals surface area (Å²) in [4.78, 5) is 0. The molecule has 0 bridgehead atoms. The fourth-order valence-corrected chi connectivity index (χ4v) is 2.24. The number of rotatable bonds is 6. The van der Waals surface area contributed by atoms with Crippen molar-refractivity contribution >= 4 is 9.84 Å². The summed E-state index contributed by atoms with van der Waals surface area (Å²) in [5.41, 5.74) is 0.801. The monoisotopic (exact) mass is 282 g/mol. The van der Waals surface area contributed by atoms with Crippen LogP contribution in [0.1, 0.15) is 18.9 Å². The van der Waals surface area contributed by atoms with E-state index in [2.05, 4.69) is 11.8 Å². The Balaban J connectivity index is 2.38. The standard InChI is InChI=1S/C14H18O4S/c1-2-19(16,17)12-4-11-18-14-8-6-13(7-9-14)5-3-10-15/h6-9,15H,2,4,10-12H2,1H3. The molecular weight excluding hydrogens is 264 g/mol. The molecule has 0 aliphatic heterocycles. The summed E-state index contributed by atoms with van der Waals surface area (Å²) >= 11 is 0. The Morgan fingerprint density at radius 1 is 1.26 bits per heavy atom. The van der Waals surface area contributed by atoms with Gasteiger partial charge in [0.1, 0.15) is 22.2 Å². The first-order valence-electron chi connectivity index (χ1n) is 6.10. The molecule has 0 aliphatic rings. The van der Waals surface area contributed by atoms with Crippen LogP contribution in [0.3, 0.4) is 0 Å². The Labute approximate surface area is 114 Å². The van der Waals surface area contributed by atoms with E-state index in [1.807, 2.05) is 0 Å². The van der Waals surface area contributed by atoms with Crippen molar-refractivity contribution in [2.75, 3.05) is 24.7 Å². The molecule has 0 aliphatic carbocycles. The van der Waals surface area contributed by atoms with Crippen molar-refractivity contribution in [3.05, 3.63) is 29.8 Å². The van der Waals surface area contributed by atoms with Gasteiger partial charge < -0.3 is 9.84 Å². The number of aliphatic hydroxyl groups is 1. The van der Waals surface area contributed by atoms with Crippen LogP contribution in [0.2, 0.25) is 0 Å². The lowest BCUT2D eigenvalue weighted by Gasteiger charge is -2.06. The Kier molecular flexibility index (Phi) is 6.40. The lowest BCUT2D eigenvalue weighted by atomic mass is 10.2. The number of sulfone groups is 1. The molecule has 0 unspecified atom stereocenters. The highest BCUT2D eigenvalue weighted by Crippen LogP contribution is 2.11. The van der Waals surface area contributed by atoms with E-state index in [0.29, 0.717) is 18.8 Å². The van der Waals surface area contributed by atoms with Crippen LogP contribution in [0.4, 0.5) is 0 Å². The van der Waals surface area contributed by atoms with Gasteiger partial charge in [-0.1, -0.05) is 18.8 Å². The fraction of sp³-hybridized carbons (Fsp3) is 0.429. The van der Waals surface area contributed by atoms with E-state index in [1.165, 1.54) is 0 Å². The van der Waals surface area contributed by atoms with Gasteiger partial charge in [0.05, 0.1) is 12.4 Å². The normalized spacial score (nSPS) is 10.6. The summed E-state index contributed by atoms with van der Waals surface area (Å²) in [6, 6.07) is 7.13. The van der Waals surface area contributed by atoms with Crippen LogP contribution >= 0.6 is 0 Å². The molecule has 19 heavy (non-hydrogen) atoms. The van der Waals surface area contributed by atoms with Crippen LogP contribution in [0.15, 0.2) is 24.3 Å². The zero-order chi connectivity index (χ0) is 14.1. The molecule has 0 atom stereocenters. The minimum atomic E-state index is -2.91. The summed E-state index contributed by atoms with van der Waals surface area (Å²) < 4.78 is 28.0. The zero-order valence-corrected chi connectivity index (χ0v) is 11.7. The van der Waals surface area contributed by atoms with Gasteiger partial charge in [-0.2, -0.15) is 0 Å². The van der Waals surface area contributed by atoms with Crippen molar-refractivity contribution in [2.45, 2.75) is 13.3 Å². The lowest BCUT2D eigenvalue weighted by Crippen LogP contribution is -2.11. The van der Waals surface area contributed by atoms with Crippen molar-refractivity contribution in [3.63, 3.8) is 0 Å². The molecular formula is C14H18O4S. The van der Waals surface area contributed by atoms with Gasteiger partial charge in [0, 0.05) is 11.3 Å². The minimum absolute atomic E-state index is 0.156. The predicted octanol–water partition coefficient (Wildman–Crippen LogP) is 1.23. The summed E-state index contributed by atoms with van der Waals surface area (Å²) in [5, 5.41) is 8.56. The highest BCUT2D eigenvalue weighted by molar-refractivity contribution is 7.91. The number of aliphatic hydroxyl groups excluding tert-OH is 1. The Morgan fingerprint density at radius 2 is 1.95 bits per heavy atom. The first kappa shape index (κ1) is 15.5. The van der Waals surface area contributed by atoms with Gasteiger partial charge in [-0.05, 0) is 30.7 Å². The third-order valence-corrected chi connectivity index (χ3v) is 4.26. The highest BCUT2D eigenvalue weighted by Gasteiger charge is 2.06. The van der Waals surface area contributed by atoms with Crippen LogP contribution in [-0.4, -0.2) is 38.2 Å². The summed E-state index contributed by atoms with van der Waals surface area (Å²) in [6.45, 7) is 1.85. The maximum Gasteiger partial charge on any atom is 0.150 e. The van der Waals surface area contributed by atoms with Gasteiger partial charge in [-0.25, -0.2) is 8.42 Å². The second kappa shape index (κ2) is 7.82. The Bertz CT molecular complexity index is 535. The fourth-order valence-electron chi connectivity index (χ4n) is 1.39. The molecule has 0 saturated heterocycles. The average Bonchev–Trinajstić information content (AvgIpc) is 2.42. The van der Waals surface area contributed by atoms with Crippen molar-refractivity contribution in [1.82, 2.24) is 0 Å². The third-order valence-electron chi connectivity index (χ3n) is 2.47. The van der Waals surface area contributed by atoms with Crippen molar-refractivity contribution < 1.29 is 18.3 Å². The van der Waals surface area contributed by atoms with Gasteiger partial charge in [-0.15, -0.1) is 0 Å². The van der Waals surface area contributed by atoms with Crippen molar-refractivity contribution in [2.24, 2.45) is 0 Å². The van der Waals surface area contributed by atoms with Crippen molar-refractivity contribution in [1.29, 1.82) is 0 Å². The lowest BCUT2D eigenvalue weighted by molar-refractivity contribution is 0.317. The number of benzene rings is 1. The molecule has 0 spiro atoms. The van der Waals surface area contributed by atoms with E-state index in [1.54, 1.807) is 31.2 Å². The topological polar surface area (TPSA) is 63.6 Å². The highest BCUT2D eigenvalue weighted by atomic mass is 32.2. The molecule has 104 valence electrons. The minimum Gasteiger partial charge on any atom is -0.494 e. The molecule has 0 radical (unpaired) electrons. The molecule has 1 aromatic rings. The molecule has 0 aromatic heterocycles. The van der Waals surface area contributed by atoms with E-state index in [9.17, 15) is 8.42 Å². The van der Waals surface area contributed by atoms with E-state index >= 15 is 0 Å². The molecule has 0 fully saturated rings. The number of ether oxygens (including phenoxy) is 1. The van der Waals surface area contributed by atoms with Gasteiger partial charge >= 0.3 is 0 Å². The van der Waals surface area contributed by atoms with Gasteiger partial charge in [0.25, 0.3) is 0 Å². The zero-order valence-electron chi connectivity index (χ0n) is 10.9. The first-order chi connectivity index (χ1) is 9.07. The van der Waals surface area contributed by atoms with E-state index in [0.717, 1.165) is 5.56 Å². The van der Waals surface area contributed by atoms with Crippen LogP contribution in [0.25, 0.3) is 0 Å². The first-order valence-corrected chi connectivity index (χ1v) is 7.92. The largest absolute Gasteiger partial charge is 0.494 e. The molecule has 0 heterocycles. The summed E-state index contributed by atoms with van der Waals surface area (Å²) in [7, 11) is -2.91. The van der Waals surface area contributed by atoms with E-state index in [4.69, 9.17) is 9.84 Å². The van der Waals surface area contributed by atoms with Crippen LogP contribution in [-0.2, 0) is 9.84 Å². The van der Waals surface area contributed by atoms with Crippen LogP contribution < -0.4 is 4.74 Å². The molecule has 4 nitrogen and oxygen atoms in total. The van der Waals surface area contributed by atoms with Crippen LogP contribution in [0.5, 0.6) is 5.75 Å². The van der Waals surface area contributed by atoms with Gasteiger partial charge in [0.15, 0.2) is 0 Å². The van der Waals surface area contributed by atoms with Gasteiger partial charge in [0.2, 0.25) is 0 Å². The molecule has 1 aromatic carbocycles. The third kappa shape index (κ3) is 6.27. The Morgan fingerprint density at radius 3 is 2.53 bits per heavy atom. The average molecular weight is 282 g/mol. The van der Waals surface area contributed by atoms with E-state index < -0.39 is 9.84 Å². The molecule has 5 heteroatoms. The van der Waals surface area contributed by atoms with E-state index in [-0.39, 0.29) is 18.1 Å². The Hall–Kier alpha value is -1.51. The second-order valence-electron chi connectivity index (χ2n) is 3.92. The quantitative estimate of drug-likeness (QED) is 0.630. The summed E-state index contributed by atoms with van der Waals surface area (Å²) in [5.74, 6) is 6.35. The van der Waals surface area contributed by atoms with Crippen LogP contribution in [0, 0.1) is 11.8 Å². The maximum absolute atomic E-state index is 11.3. The van der Waals surface area contributed by atoms with Crippen molar-refractivity contribution in [3.8, 4) is 17.6 Å². The molecule has 1 rings (SSSR count). The molecule has 1 N–H and O–H groups in total. The van der Waals surface area contributed by atoms with Gasteiger partial charge in [-0.3, -0.25) is 0 Å². The smallest absolute Gasteiger partial charge is 0.150 e. The maximum atomic E-state index is 11.3. The molecule has 0 saturated carbocycles.